The molecular formula is C15H28BrNO. The van der Waals surface area contributed by atoms with Crippen molar-refractivity contribution in [3.8, 4) is 0 Å². The number of likely N-dealkylation sites (tertiary alicyclic amines) is 1. The smallest absolute Gasteiger partial charge is 0.222 e. The van der Waals surface area contributed by atoms with E-state index < -0.39 is 0 Å². The standard InChI is InChI=1S/C15H28BrNO/c1-2-3-4-5-6-10-15(18)17-13-8-7-9-14(17)11-12-16/h14H,2-13H2,1H3. The molecule has 0 aromatic heterocycles. The van der Waals surface area contributed by atoms with Gasteiger partial charge < -0.3 is 4.90 Å². The number of carbonyl (C=O) groups excluding carboxylic acids is 1. The SMILES string of the molecule is CCCCCCCC(=O)N1CCCCC1CCBr. The van der Waals surface area contributed by atoms with Gasteiger partial charge in [-0.2, -0.15) is 0 Å². The molecule has 1 amide bonds. The molecule has 106 valence electrons. The number of alkyl halides is 1. The maximum Gasteiger partial charge on any atom is 0.222 e. The van der Waals surface area contributed by atoms with Crippen LogP contribution in [0.5, 0.6) is 0 Å². The fourth-order valence-electron chi connectivity index (χ4n) is 2.78. The van der Waals surface area contributed by atoms with Crippen molar-refractivity contribution in [3.05, 3.63) is 0 Å². The molecule has 1 aliphatic heterocycles. The highest BCUT2D eigenvalue weighted by Crippen LogP contribution is 2.22. The third-order valence-electron chi connectivity index (χ3n) is 3.88. The predicted octanol–water partition coefficient (Wildman–Crippen LogP) is 4.51. The molecule has 1 unspecified atom stereocenters. The minimum Gasteiger partial charge on any atom is -0.340 e. The van der Waals surface area contributed by atoms with Crippen LogP contribution < -0.4 is 0 Å². The second-order valence-corrected chi connectivity index (χ2v) is 6.17. The molecule has 0 spiro atoms. The van der Waals surface area contributed by atoms with Crippen molar-refractivity contribution >= 4 is 21.8 Å². The molecule has 0 aromatic carbocycles. The van der Waals surface area contributed by atoms with Crippen molar-refractivity contribution in [1.29, 1.82) is 0 Å². The maximum absolute atomic E-state index is 12.2. The quantitative estimate of drug-likeness (QED) is 0.476. The van der Waals surface area contributed by atoms with Gasteiger partial charge in [-0.1, -0.05) is 48.5 Å². The molecule has 1 heterocycles. The molecule has 0 aliphatic carbocycles. The van der Waals surface area contributed by atoms with Gasteiger partial charge in [0.15, 0.2) is 0 Å². The summed E-state index contributed by atoms with van der Waals surface area (Å²) in [7, 11) is 0. The summed E-state index contributed by atoms with van der Waals surface area (Å²) in [5, 5.41) is 1.01. The third-order valence-corrected chi connectivity index (χ3v) is 4.34. The second kappa shape index (κ2) is 9.82. The molecule has 3 heteroatoms. The highest BCUT2D eigenvalue weighted by Gasteiger charge is 2.25. The van der Waals surface area contributed by atoms with Crippen LogP contribution in [-0.4, -0.2) is 28.7 Å². The molecule has 0 N–H and O–H groups in total. The number of piperidine rings is 1. The minimum absolute atomic E-state index is 0.400. The lowest BCUT2D eigenvalue weighted by atomic mass is 9.99. The fourth-order valence-corrected chi connectivity index (χ4v) is 3.31. The Kier molecular flexibility index (Phi) is 8.74. The van der Waals surface area contributed by atoms with Crippen molar-refractivity contribution in [3.63, 3.8) is 0 Å². The first-order valence-electron chi connectivity index (χ1n) is 7.65. The molecule has 1 atom stereocenters. The van der Waals surface area contributed by atoms with Gasteiger partial charge in [-0.3, -0.25) is 4.79 Å². The topological polar surface area (TPSA) is 20.3 Å². The van der Waals surface area contributed by atoms with E-state index in [1.165, 1.54) is 44.9 Å². The maximum atomic E-state index is 12.2. The Morgan fingerprint density at radius 2 is 2.00 bits per heavy atom. The predicted molar refractivity (Wildman–Crippen MR) is 81.1 cm³/mol. The van der Waals surface area contributed by atoms with Crippen molar-refractivity contribution in [2.45, 2.75) is 77.2 Å². The van der Waals surface area contributed by atoms with Gasteiger partial charge in [0.1, 0.15) is 0 Å². The van der Waals surface area contributed by atoms with Crippen molar-refractivity contribution in [2.24, 2.45) is 0 Å². The number of hydrogen-bond donors (Lipinski definition) is 0. The van der Waals surface area contributed by atoms with Gasteiger partial charge >= 0.3 is 0 Å². The van der Waals surface area contributed by atoms with E-state index in [9.17, 15) is 4.79 Å². The number of carbonyl (C=O) groups is 1. The molecule has 1 saturated heterocycles. The molecule has 1 fully saturated rings. The molecule has 1 rings (SSSR count). The zero-order valence-electron chi connectivity index (χ0n) is 11.8. The number of amides is 1. The Labute approximate surface area is 121 Å². The van der Waals surface area contributed by atoms with Gasteiger partial charge in [0.2, 0.25) is 5.91 Å². The van der Waals surface area contributed by atoms with Gasteiger partial charge in [-0.25, -0.2) is 0 Å². The van der Waals surface area contributed by atoms with Crippen LogP contribution in [0, 0.1) is 0 Å². The summed E-state index contributed by atoms with van der Waals surface area (Å²) in [6, 6.07) is 0.501. The highest BCUT2D eigenvalue weighted by atomic mass is 79.9. The Bertz CT molecular complexity index is 231. The Morgan fingerprint density at radius 3 is 2.72 bits per heavy atom. The third kappa shape index (κ3) is 5.73. The Hall–Kier alpha value is -0.0500. The zero-order valence-corrected chi connectivity index (χ0v) is 13.4. The van der Waals surface area contributed by atoms with Crippen LogP contribution >= 0.6 is 15.9 Å². The zero-order chi connectivity index (χ0) is 13.2. The van der Waals surface area contributed by atoms with Crippen LogP contribution in [-0.2, 0) is 4.79 Å². The van der Waals surface area contributed by atoms with Gasteiger partial charge in [0.05, 0.1) is 0 Å². The van der Waals surface area contributed by atoms with Gasteiger partial charge in [0, 0.05) is 24.3 Å². The lowest BCUT2D eigenvalue weighted by Crippen LogP contribution is -2.43. The average Bonchev–Trinajstić information content (AvgIpc) is 2.39. The molecule has 18 heavy (non-hydrogen) atoms. The molecule has 0 aromatic rings. The van der Waals surface area contributed by atoms with Crippen molar-refractivity contribution < 1.29 is 4.79 Å². The summed E-state index contributed by atoms with van der Waals surface area (Å²) in [5.41, 5.74) is 0. The largest absolute Gasteiger partial charge is 0.340 e. The molecular weight excluding hydrogens is 290 g/mol. The van der Waals surface area contributed by atoms with E-state index in [4.69, 9.17) is 0 Å². The van der Waals surface area contributed by atoms with Crippen LogP contribution in [0.2, 0.25) is 0 Å². The van der Waals surface area contributed by atoms with E-state index in [0.29, 0.717) is 11.9 Å². The summed E-state index contributed by atoms with van der Waals surface area (Å²) in [6.07, 6.45) is 11.7. The van der Waals surface area contributed by atoms with Gasteiger partial charge in [-0.05, 0) is 32.1 Å². The number of unbranched alkanes of at least 4 members (excludes halogenated alkanes) is 4. The normalized spacial score (nSPS) is 20.1. The summed E-state index contributed by atoms with van der Waals surface area (Å²) < 4.78 is 0. The average molecular weight is 318 g/mol. The van der Waals surface area contributed by atoms with Gasteiger partial charge in [0.25, 0.3) is 0 Å². The fraction of sp³-hybridized carbons (Fsp3) is 0.933. The number of halogens is 1. The van der Waals surface area contributed by atoms with Crippen molar-refractivity contribution in [1.82, 2.24) is 4.90 Å². The van der Waals surface area contributed by atoms with E-state index in [1.54, 1.807) is 0 Å². The van der Waals surface area contributed by atoms with Crippen LogP contribution in [0.15, 0.2) is 0 Å². The summed E-state index contributed by atoms with van der Waals surface area (Å²) >= 11 is 3.50. The van der Waals surface area contributed by atoms with E-state index in [1.807, 2.05) is 0 Å². The van der Waals surface area contributed by atoms with Crippen molar-refractivity contribution in [2.75, 3.05) is 11.9 Å². The summed E-state index contributed by atoms with van der Waals surface area (Å²) in [6.45, 7) is 3.22. The first-order valence-corrected chi connectivity index (χ1v) is 8.77. The molecule has 2 nitrogen and oxygen atoms in total. The number of nitrogens with zero attached hydrogens (tertiary/aromatic N) is 1. The highest BCUT2D eigenvalue weighted by molar-refractivity contribution is 9.09. The monoisotopic (exact) mass is 317 g/mol. The molecule has 0 radical (unpaired) electrons. The second-order valence-electron chi connectivity index (χ2n) is 5.38. The van der Waals surface area contributed by atoms with Crippen LogP contribution in [0.4, 0.5) is 0 Å². The molecule has 1 aliphatic rings. The van der Waals surface area contributed by atoms with E-state index in [0.717, 1.165) is 31.1 Å². The lowest BCUT2D eigenvalue weighted by Gasteiger charge is -2.35. The number of rotatable bonds is 8. The number of hydrogen-bond acceptors (Lipinski definition) is 1. The van der Waals surface area contributed by atoms with E-state index >= 15 is 0 Å². The Balaban J connectivity index is 2.25. The molecule has 0 saturated carbocycles. The molecule has 0 bridgehead atoms. The van der Waals surface area contributed by atoms with E-state index in [-0.39, 0.29) is 0 Å². The van der Waals surface area contributed by atoms with Gasteiger partial charge in [-0.15, -0.1) is 0 Å². The summed E-state index contributed by atoms with van der Waals surface area (Å²) in [5.74, 6) is 0.400. The first-order chi connectivity index (χ1) is 8.79. The van der Waals surface area contributed by atoms with Crippen LogP contribution in [0.3, 0.4) is 0 Å². The first kappa shape index (κ1) is 16.0. The van der Waals surface area contributed by atoms with Crippen LogP contribution in [0.1, 0.15) is 71.1 Å². The minimum atomic E-state index is 0.400. The van der Waals surface area contributed by atoms with E-state index in [2.05, 4.69) is 27.8 Å². The Morgan fingerprint density at radius 1 is 1.22 bits per heavy atom. The van der Waals surface area contributed by atoms with Crippen LogP contribution in [0.25, 0.3) is 0 Å². The lowest BCUT2D eigenvalue weighted by molar-refractivity contribution is -0.135. The summed E-state index contributed by atoms with van der Waals surface area (Å²) in [4.78, 5) is 14.4.